The molecular formula is C24H22F4N4O2S. The number of hydrogen-bond acceptors (Lipinski definition) is 5. The van der Waals surface area contributed by atoms with Crippen molar-refractivity contribution in [2.45, 2.75) is 25.7 Å². The highest BCUT2D eigenvalue weighted by atomic mass is 32.2. The highest BCUT2D eigenvalue weighted by molar-refractivity contribution is 7.86. The molecule has 0 spiro atoms. The van der Waals surface area contributed by atoms with E-state index in [1.165, 1.54) is 0 Å². The maximum atomic E-state index is 13.8. The van der Waals surface area contributed by atoms with E-state index in [1.807, 2.05) is 31.2 Å². The standard InChI is InChI=1S/C24H22F4N4O2S/c1-14-4-2-3-5-20(14)31-22-21(6-15(11-30-22)10-29-19-12-35(34)13-19)32-23(33)16-7-17(24(26,27)28)9-18(25)8-16/h2-9,11,19,29H,10,12-13H2,1H3,(H,30,31)(H,32,33). The number of nitrogens with one attached hydrogen (secondary N) is 3. The average molecular weight is 507 g/mol. The second-order valence-electron chi connectivity index (χ2n) is 8.21. The molecule has 1 saturated heterocycles. The smallest absolute Gasteiger partial charge is 0.338 e. The molecular weight excluding hydrogens is 484 g/mol. The predicted molar refractivity (Wildman–Crippen MR) is 127 cm³/mol. The first-order chi connectivity index (χ1) is 16.6. The third-order valence-electron chi connectivity index (χ3n) is 5.45. The van der Waals surface area contributed by atoms with E-state index < -0.39 is 39.8 Å². The summed E-state index contributed by atoms with van der Waals surface area (Å²) >= 11 is 0. The van der Waals surface area contributed by atoms with E-state index in [2.05, 4.69) is 20.9 Å². The van der Waals surface area contributed by atoms with Crippen molar-refractivity contribution in [2.75, 3.05) is 22.1 Å². The van der Waals surface area contributed by atoms with Gasteiger partial charge in [0.05, 0.1) is 11.3 Å². The number of pyridine rings is 1. The highest BCUT2D eigenvalue weighted by Crippen LogP contribution is 2.31. The van der Waals surface area contributed by atoms with Crippen LogP contribution in [0.3, 0.4) is 0 Å². The molecule has 1 fully saturated rings. The van der Waals surface area contributed by atoms with Crippen molar-refractivity contribution < 1.29 is 26.6 Å². The van der Waals surface area contributed by atoms with E-state index >= 15 is 0 Å². The minimum absolute atomic E-state index is 0.117. The van der Waals surface area contributed by atoms with Crippen molar-refractivity contribution >= 4 is 33.9 Å². The molecule has 35 heavy (non-hydrogen) atoms. The van der Waals surface area contributed by atoms with E-state index in [0.717, 1.165) is 17.3 Å². The van der Waals surface area contributed by atoms with Crippen LogP contribution in [0, 0.1) is 12.7 Å². The van der Waals surface area contributed by atoms with Crippen LogP contribution in [0.1, 0.15) is 27.0 Å². The molecule has 0 unspecified atom stereocenters. The molecule has 0 radical (unpaired) electrons. The Morgan fingerprint density at radius 3 is 2.54 bits per heavy atom. The second-order valence-corrected chi connectivity index (χ2v) is 9.76. The van der Waals surface area contributed by atoms with Crippen molar-refractivity contribution in [1.29, 1.82) is 0 Å². The van der Waals surface area contributed by atoms with Gasteiger partial charge in [-0.15, -0.1) is 0 Å². The lowest BCUT2D eigenvalue weighted by molar-refractivity contribution is -0.137. The zero-order valence-electron chi connectivity index (χ0n) is 18.6. The summed E-state index contributed by atoms with van der Waals surface area (Å²) in [7, 11) is -0.808. The van der Waals surface area contributed by atoms with Crippen LogP contribution in [0.5, 0.6) is 0 Å². The van der Waals surface area contributed by atoms with E-state index in [9.17, 15) is 26.6 Å². The van der Waals surface area contributed by atoms with E-state index in [1.54, 1.807) is 12.3 Å². The number of rotatable bonds is 7. The minimum atomic E-state index is -4.80. The molecule has 184 valence electrons. The maximum absolute atomic E-state index is 13.8. The Morgan fingerprint density at radius 1 is 1.11 bits per heavy atom. The van der Waals surface area contributed by atoms with Crippen molar-refractivity contribution in [1.82, 2.24) is 10.3 Å². The summed E-state index contributed by atoms with van der Waals surface area (Å²) in [5.74, 6) is -0.689. The number of aryl methyl sites for hydroxylation is 1. The molecule has 2 aromatic carbocycles. The van der Waals surface area contributed by atoms with Gasteiger partial charge in [-0.1, -0.05) is 18.2 Å². The van der Waals surface area contributed by atoms with Crippen molar-refractivity contribution in [2.24, 2.45) is 0 Å². The van der Waals surface area contributed by atoms with Crippen LogP contribution in [0.4, 0.5) is 34.8 Å². The summed E-state index contributed by atoms with van der Waals surface area (Å²) in [5.41, 5.74) is 0.823. The Kier molecular flexibility index (Phi) is 7.18. The van der Waals surface area contributed by atoms with Gasteiger partial charge in [0.2, 0.25) is 0 Å². The van der Waals surface area contributed by atoms with Crippen LogP contribution in [0.2, 0.25) is 0 Å². The minimum Gasteiger partial charge on any atom is -0.338 e. The van der Waals surface area contributed by atoms with Crippen LogP contribution >= 0.6 is 0 Å². The number of amides is 1. The molecule has 1 aliphatic rings. The van der Waals surface area contributed by atoms with Gasteiger partial charge in [-0.2, -0.15) is 13.2 Å². The molecule has 0 saturated carbocycles. The number of carbonyl (C=O) groups excluding carboxylic acids is 1. The van der Waals surface area contributed by atoms with Crippen LogP contribution in [0.25, 0.3) is 0 Å². The lowest BCUT2D eigenvalue weighted by Gasteiger charge is -2.26. The molecule has 1 aromatic heterocycles. The van der Waals surface area contributed by atoms with Gasteiger partial charge < -0.3 is 16.0 Å². The van der Waals surface area contributed by atoms with Gasteiger partial charge in [-0.05, 0) is 48.4 Å². The van der Waals surface area contributed by atoms with Gasteiger partial charge in [0.1, 0.15) is 5.82 Å². The van der Waals surface area contributed by atoms with Gasteiger partial charge >= 0.3 is 6.18 Å². The number of nitrogens with zero attached hydrogens (tertiary/aromatic N) is 1. The summed E-state index contributed by atoms with van der Waals surface area (Å²) in [6.45, 7) is 2.27. The molecule has 3 aromatic rings. The van der Waals surface area contributed by atoms with Crippen molar-refractivity contribution in [3.63, 3.8) is 0 Å². The lowest BCUT2D eigenvalue weighted by Crippen LogP contribution is -2.47. The number of hydrogen-bond donors (Lipinski definition) is 3. The van der Waals surface area contributed by atoms with E-state index in [0.29, 0.717) is 35.7 Å². The first-order valence-corrected chi connectivity index (χ1v) is 12.2. The molecule has 2 heterocycles. The third kappa shape index (κ3) is 6.23. The molecule has 1 aliphatic heterocycles. The first kappa shape index (κ1) is 24.8. The van der Waals surface area contributed by atoms with Crippen LogP contribution in [0.15, 0.2) is 54.7 Å². The predicted octanol–water partition coefficient (Wildman–Crippen LogP) is 4.76. The van der Waals surface area contributed by atoms with Crippen LogP contribution in [-0.2, 0) is 23.5 Å². The van der Waals surface area contributed by atoms with Crippen molar-refractivity contribution in [3.8, 4) is 0 Å². The van der Waals surface area contributed by atoms with Gasteiger partial charge in [0.15, 0.2) is 5.82 Å². The Labute approximate surface area is 201 Å². The molecule has 0 atom stereocenters. The number of carbonyl (C=O) groups is 1. The summed E-state index contributed by atoms with van der Waals surface area (Å²) < 4.78 is 64.4. The normalized spacial score (nSPS) is 17.5. The quantitative estimate of drug-likeness (QED) is 0.403. The van der Waals surface area contributed by atoms with Crippen LogP contribution < -0.4 is 16.0 Å². The molecule has 11 heteroatoms. The van der Waals surface area contributed by atoms with Gasteiger partial charge in [-0.25, -0.2) is 9.37 Å². The fraction of sp³-hybridized carbons (Fsp3) is 0.250. The third-order valence-corrected chi connectivity index (χ3v) is 7.00. The number of alkyl halides is 3. The lowest BCUT2D eigenvalue weighted by atomic mass is 10.1. The number of aromatic nitrogens is 1. The summed E-state index contributed by atoms with van der Waals surface area (Å²) in [4.78, 5) is 17.2. The number of para-hydroxylation sites is 1. The Hall–Kier alpha value is -3.31. The van der Waals surface area contributed by atoms with Gasteiger partial charge in [0.25, 0.3) is 5.91 Å². The summed E-state index contributed by atoms with van der Waals surface area (Å²) in [6.07, 6.45) is -3.20. The second kappa shape index (κ2) is 10.1. The fourth-order valence-corrected chi connectivity index (χ4v) is 4.53. The van der Waals surface area contributed by atoms with Gasteiger partial charge in [-0.3, -0.25) is 9.00 Å². The topological polar surface area (TPSA) is 83.1 Å². The van der Waals surface area contributed by atoms with Crippen molar-refractivity contribution in [3.05, 3.63) is 82.8 Å². The molecule has 4 rings (SSSR count). The number of benzene rings is 2. The molecule has 0 aliphatic carbocycles. The Morgan fingerprint density at radius 2 is 1.86 bits per heavy atom. The molecule has 0 bridgehead atoms. The number of anilines is 3. The SMILES string of the molecule is Cc1ccccc1Nc1ncc(CNC2CS(=O)C2)cc1NC(=O)c1cc(F)cc(C(F)(F)F)c1. The maximum Gasteiger partial charge on any atom is 0.416 e. The fourth-order valence-electron chi connectivity index (χ4n) is 3.50. The van der Waals surface area contributed by atoms with Gasteiger partial charge in [0, 0.05) is 52.3 Å². The average Bonchev–Trinajstić information content (AvgIpc) is 2.78. The van der Waals surface area contributed by atoms with Crippen LogP contribution in [-0.4, -0.2) is 32.6 Å². The van der Waals surface area contributed by atoms with E-state index in [4.69, 9.17) is 0 Å². The summed E-state index contributed by atoms with van der Waals surface area (Å²) in [5, 5.41) is 8.93. The largest absolute Gasteiger partial charge is 0.416 e. The molecule has 3 N–H and O–H groups in total. The molecule has 6 nitrogen and oxygen atoms in total. The zero-order valence-corrected chi connectivity index (χ0v) is 19.4. The first-order valence-electron chi connectivity index (χ1n) is 10.7. The zero-order chi connectivity index (χ0) is 25.2. The highest BCUT2D eigenvalue weighted by Gasteiger charge is 2.32. The number of halogens is 4. The monoisotopic (exact) mass is 506 g/mol. The summed E-state index contributed by atoms with van der Waals surface area (Å²) in [6, 6.07) is 10.8. The Balaban J connectivity index is 1.61. The van der Waals surface area contributed by atoms with E-state index in [-0.39, 0.29) is 17.5 Å². The Bertz CT molecular complexity index is 1270. The molecule has 1 amide bonds.